The van der Waals surface area contributed by atoms with Crippen molar-refractivity contribution in [2.75, 3.05) is 10.2 Å². The summed E-state index contributed by atoms with van der Waals surface area (Å²) in [5.41, 5.74) is -0.0462. The summed E-state index contributed by atoms with van der Waals surface area (Å²) in [4.78, 5) is 26.5. The molecule has 3 rings (SSSR count). The maximum absolute atomic E-state index is 15.4. The predicted octanol–water partition coefficient (Wildman–Crippen LogP) is 5.12. The molecule has 0 radical (unpaired) electrons. The Morgan fingerprint density at radius 3 is 2.62 bits per heavy atom. The van der Waals surface area contributed by atoms with E-state index in [0.717, 1.165) is 6.07 Å². The van der Waals surface area contributed by atoms with Crippen LogP contribution in [0.3, 0.4) is 0 Å². The van der Waals surface area contributed by atoms with Crippen LogP contribution in [-0.4, -0.2) is 17.9 Å². The van der Waals surface area contributed by atoms with E-state index in [2.05, 4.69) is 5.32 Å². The quantitative estimate of drug-likeness (QED) is 0.670. The van der Waals surface area contributed by atoms with Crippen molar-refractivity contribution < 1.29 is 23.1 Å². The van der Waals surface area contributed by atoms with Gasteiger partial charge in [0.15, 0.2) is 17.7 Å². The molecule has 0 aromatic heterocycles. The Bertz CT molecular complexity index is 1120. The number of ether oxygens (including phenoxy) is 1. The number of carbonyl (C=O) groups excluding carboxylic acids is 2. The molecule has 2 aromatic carbocycles. The molecule has 0 aliphatic carbocycles. The van der Waals surface area contributed by atoms with Gasteiger partial charge in [0.1, 0.15) is 5.82 Å². The fourth-order valence-corrected chi connectivity index (χ4v) is 3.69. The Balaban J connectivity index is 1.99. The van der Waals surface area contributed by atoms with E-state index in [4.69, 9.17) is 21.6 Å². The summed E-state index contributed by atoms with van der Waals surface area (Å²) >= 11 is 5.92. The number of rotatable bonds is 5. The first kappa shape index (κ1) is 23.5. The van der Waals surface area contributed by atoms with Gasteiger partial charge in [-0.1, -0.05) is 11.6 Å². The molecule has 9 heteroatoms. The van der Waals surface area contributed by atoms with Gasteiger partial charge in [0.2, 0.25) is 5.91 Å². The van der Waals surface area contributed by atoms with Gasteiger partial charge in [0, 0.05) is 11.4 Å². The van der Waals surface area contributed by atoms with Crippen LogP contribution in [0.4, 0.5) is 20.2 Å². The molecule has 0 spiro atoms. The van der Waals surface area contributed by atoms with Crippen LogP contribution in [0, 0.1) is 35.3 Å². The molecule has 168 valence electrons. The van der Waals surface area contributed by atoms with E-state index >= 15 is 4.39 Å². The molecular formula is C23H22ClF2N3O3. The SMILES string of the molecule is Cc1cc2c(c(F)c1NC(=O)CC(C)(C)C#N)OC(C)C(=O)N2Cc1cc(F)cc(Cl)c1. The number of halogens is 3. The highest BCUT2D eigenvalue weighted by atomic mass is 35.5. The molecule has 1 heterocycles. The van der Waals surface area contributed by atoms with E-state index in [-0.39, 0.29) is 35.1 Å². The van der Waals surface area contributed by atoms with Gasteiger partial charge in [-0.25, -0.2) is 8.78 Å². The minimum absolute atomic E-state index is 0.0437. The maximum Gasteiger partial charge on any atom is 0.268 e. The third-order valence-electron chi connectivity index (χ3n) is 5.03. The van der Waals surface area contributed by atoms with E-state index in [0.29, 0.717) is 11.1 Å². The molecule has 1 aliphatic heterocycles. The molecule has 1 N–H and O–H groups in total. The topological polar surface area (TPSA) is 82.4 Å². The summed E-state index contributed by atoms with van der Waals surface area (Å²) in [6, 6.07) is 7.46. The highest BCUT2D eigenvalue weighted by Gasteiger charge is 2.35. The third kappa shape index (κ3) is 4.83. The number of benzene rings is 2. The lowest BCUT2D eigenvalue weighted by atomic mass is 9.91. The number of amides is 2. The van der Waals surface area contributed by atoms with Crippen LogP contribution in [-0.2, 0) is 16.1 Å². The van der Waals surface area contributed by atoms with Crippen LogP contribution < -0.4 is 15.0 Å². The lowest BCUT2D eigenvalue weighted by Gasteiger charge is -2.34. The van der Waals surface area contributed by atoms with Crippen LogP contribution in [0.25, 0.3) is 0 Å². The number of fused-ring (bicyclic) bond motifs is 1. The van der Waals surface area contributed by atoms with Gasteiger partial charge in [0.25, 0.3) is 5.91 Å². The summed E-state index contributed by atoms with van der Waals surface area (Å²) in [6.45, 7) is 6.22. The Morgan fingerprint density at radius 2 is 2.00 bits per heavy atom. The van der Waals surface area contributed by atoms with E-state index in [1.165, 1.54) is 30.0 Å². The van der Waals surface area contributed by atoms with Crippen molar-refractivity contribution in [1.29, 1.82) is 5.26 Å². The van der Waals surface area contributed by atoms with E-state index in [1.54, 1.807) is 20.8 Å². The minimum Gasteiger partial charge on any atom is -0.476 e. The number of carbonyl (C=O) groups is 2. The van der Waals surface area contributed by atoms with Crippen LogP contribution in [0.5, 0.6) is 5.75 Å². The van der Waals surface area contributed by atoms with Crippen LogP contribution in [0.15, 0.2) is 24.3 Å². The first-order valence-corrected chi connectivity index (χ1v) is 10.3. The Morgan fingerprint density at radius 1 is 1.31 bits per heavy atom. The molecule has 1 aliphatic rings. The maximum atomic E-state index is 15.4. The Hall–Kier alpha value is -3.18. The third-order valence-corrected chi connectivity index (χ3v) is 5.25. The number of nitriles is 1. The van der Waals surface area contributed by atoms with Crippen LogP contribution >= 0.6 is 11.6 Å². The van der Waals surface area contributed by atoms with Gasteiger partial charge in [-0.2, -0.15) is 5.26 Å². The number of aryl methyl sites for hydroxylation is 1. The highest BCUT2D eigenvalue weighted by Crippen LogP contribution is 2.42. The summed E-state index contributed by atoms with van der Waals surface area (Å²) in [5, 5.41) is 11.8. The molecule has 1 atom stereocenters. The molecule has 32 heavy (non-hydrogen) atoms. The Kier molecular flexibility index (Phi) is 6.42. The van der Waals surface area contributed by atoms with Crippen molar-refractivity contribution >= 4 is 34.8 Å². The van der Waals surface area contributed by atoms with Gasteiger partial charge in [-0.15, -0.1) is 0 Å². The van der Waals surface area contributed by atoms with E-state index in [1.807, 2.05) is 6.07 Å². The molecule has 2 aromatic rings. The Labute approximate surface area is 189 Å². The second kappa shape index (κ2) is 8.75. The zero-order chi connectivity index (χ0) is 23.8. The average molecular weight is 462 g/mol. The lowest BCUT2D eigenvalue weighted by Crippen LogP contribution is -2.44. The summed E-state index contributed by atoms with van der Waals surface area (Å²) < 4.78 is 34.7. The molecule has 6 nitrogen and oxygen atoms in total. The van der Waals surface area contributed by atoms with Gasteiger partial charge >= 0.3 is 0 Å². The zero-order valence-electron chi connectivity index (χ0n) is 18.1. The monoisotopic (exact) mass is 461 g/mol. The molecule has 2 amide bonds. The van der Waals surface area contributed by atoms with Crippen molar-refractivity contribution in [3.05, 3.63) is 52.0 Å². The fourth-order valence-electron chi connectivity index (χ4n) is 3.45. The van der Waals surface area contributed by atoms with Gasteiger partial charge in [0.05, 0.1) is 29.4 Å². The van der Waals surface area contributed by atoms with Crippen molar-refractivity contribution in [1.82, 2.24) is 0 Å². The van der Waals surface area contributed by atoms with Crippen molar-refractivity contribution in [2.24, 2.45) is 5.41 Å². The number of anilines is 2. The van der Waals surface area contributed by atoms with Crippen LogP contribution in [0.1, 0.15) is 38.3 Å². The second-order valence-corrected chi connectivity index (χ2v) is 8.85. The number of nitrogens with one attached hydrogen (secondary N) is 1. The lowest BCUT2D eigenvalue weighted by molar-refractivity contribution is -0.125. The second-order valence-electron chi connectivity index (χ2n) is 8.41. The first-order chi connectivity index (χ1) is 14.9. The molecule has 0 saturated carbocycles. The van der Waals surface area contributed by atoms with E-state index in [9.17, 15) is 14.0 Å². The highest BCUT2D eigenvalue weighted by molar-refractivity contribution is 6.30. The fraction of sp³-hybridized carbons (Fsp3) is 0.348. The van der Waals surface area contributed by atoms with Crippen molar-refractivity contribution in [2.45, 2.75) is 46.8 Å². The average Bonchev–Trinajstić information content (AvgIpc) is 2.68. The molecule has 1 unspecified atom stereocenters. The summed E-state index contributed by atoms with van der Waals surface area (Å²) in [6.07, 6.45) is -1.12. The summed E-state index contributed by atoms with van der Waals surface area (Å²) in [5.74, 6) is -2.53. The van der Waals surface area contributed by atoms with Gasteiger partial charge < -0.3 is 15.0 Å². The molecule has 0 fully saturated rings. The van der Waals surface area contributed by atoms with Crippen molar-refractivity contribution in [3.8, 4) is 11.8 Å². The smallest absolute Gasteiger partial charge is 0.268 e. The first-order valence-electron chi connectivity index (χ1n) is 9.89. The zero-order valence-corrected chi connectivity index (χ0v) is 18.8. The number of hydrogen-bond acceptors (Lipinski definition) is 4. The van der Waals surface area contributed by atoms with Gasteiger partial charge in [-0.3, -0.25) is 9.59 Å². The van der Waals surface area contributed by atoms with E-state index < -0.39 is 35.0 Å². The van der Waals surface area contributed by atoms with Crippen LogP contribution in [0.2, 0.25) is 5.02 Å². The number of nitrogens with zero attached hydrogens (tertiary/aromatic N) is 2. The largest absolute Gasteiger partial charge is 0.476 e. The molecule has 0 saturated heterocycles. The minimum atomic E-state index is -0.996. The molecule has 0 bridgehead atoms. The normalized spacial score (nSPS) is 15.6. The summed E-state index contributed by atoms with van der Waals surface area (Å²) in [7, 11) is 0. The van der Waals surface area contributed by atoms with Crippen molar-refractivity contribution in [3.63, 3.8) is 0 Å². The van der Waals surface area contributed by atoms with Gasteiger partial charge in [-0.05, 0) is 63.1 Å². The predicted molar refractivity (Wildman–Crippen MR) is 116 cm³/mol. The number of hydrogen-bond donors (Lipinski definition) is 1. The molecular weight excluding hydrogens is 440 g/mol. The standard InChI is InChI=1S/C23H22ClF2N3O3/c1-12-5-17-21(19(26)20(12)28-18(30)9-23(3,4)11-27)32-13(2)22(31)29(17)10-14-6-15(24)8-16(25)7-14/h5-8,13H,9-10H2,1-4H3,(H,28,30).